The first-order valence-electron chi connectivity index (χ1n) is 6.78. The van der Waals surface area contributed by atoms with Crippen molar-refractivity contribution in [3.63, 3.8) is 0 Å². The van der Waals surface area contributed by atoms with Gasteiger partial charge in [-0.25, -0.2) is 4.39 Å². The van der Waals surface area contributed by atoms with Crippen LogP contribution in [0, 0.1) is 20.7 Å². The monoisotopic (exact) mass is 411 g/mol. The lowest BCUT2D eigenvalue weighted by atomic mass is 10.2. The Balaban J connectivity index is 2.21. The van der Waals surface area contributed by atoms with Gasteiger partial charge in [-0.05, 0) is 60.7 Å². The Kier molecular flexibility index (Phi) is 5.19. The van der Waals surface area contributed by atoms with E-state index in [1.807, 2.05) is 36.4 Å². The van der Waals surface area contributed by atoms with Crippen molar-refractivity contribution >= 4 is 28.5 Å². The Morgan fingerprint density at radius 3 is 2.73 bits per heavy atom. The quantitative estimate of drug-likeness (QED) is 0.782. The Bertz CT molecular complexity index is 726. The normalized spacial score (nSPS) is 10.5. The van der Waals surface area contributed by atoms with Gasteiger partial charge in [0.15, 0.2) is 0 Å². The number of nitrogens with one attached hydrogen (secondary N) is 1. The number of carbonyl (C=O) groups excluding carboxylic acids is 1. The smallest absolute Gasteiger partial charge is 0.268 e. The van der Waals surface area contributed by atoms with Gasteiger partial charge in [-0.15, -0.1) is 0 Å². The van der Waals surface area contributed by atoms with E-state index in [9.17, 15) is 9.18 Å². The van der Waals surface area contributed by atoms with Gasteiger partial charge in [0.25, 0.3) is 5.91 Å². The molecule has 0 radical (unpaired) electrons. The minimum Gasteiger partial charge on any atom is -0.347 e. The fourth-order valence-electron chi connectivity index (χ4n) is 2.24. The maximum Gasteiger partial charge on any atom is 0.268 e. The molecule has 1 amide bonds. The van der Waals surface area contributed by atoms with Crippen LogP contribution in [0.2, 0.25) is 0 Å². The minimum atomic E-state index is -0.343. The standard InChI is InChI=1S/C16H15FIN3O/c1-10(2)21-11(8-19)6-7-15(21)16(22)20-9-12-13(17)4-3-5-14(12)18/h3-7,10H,9H2,1-2H3,(H,20,22). The average Bonchev–Trinajstić information content (AvgIpc) is 2.90. The van der Waals surface area contributed by atoms with Crippen molar-refractivity contribution in [3.05, 3.63) is 56.7 Å². The van der Waals surface area contributed by atoms with Gasteiger partial charge in [0.05, 0.1) is 0 Å². The molecule has 1 N–H and O–H groups in total. The number of nitriles is 1. The van der Waals surface area contributed by atoms with Crippen LogP contribution in [-0.4, -0.2) is 10.5 Å². The average molecular weight is 411 g/mol. The van der Waals surface area contributed by atoms with Gasteiger partial charge >= 0.3 is 0 Å². The summed E-state index contributed by atoms with van der Waals surface area (Å²) in [5.41, 5.74) is 1.29. The molecule has 4 nitrogen and oxygen atoms in total. The summed E-state index contributed by atoms with van der Waals surface area (Å²) in [5, 5.41) is 11.8. The molecule has 22 heavy (non-hydrogen) atoms. The lowest BCUT2D eigenvalue weighted by Gasteiger charge is -2.14. The first-order chi connectivity index (χ1) is 10.5. The van der Waals surface area contributed by atoms with Gasteiger partial charge in [0.2, 0.25) is 0 Å². The second-order valence-electron chi connectivity index (χ2n) is 5.06. The van der Waals surface area contributed by atoms with E-state index in [1.54, 1.807) is 28.8 Å². The first kappa shape index (κ1) is 16.5. The molecule has 0 bridgehead atoms. The number of carbonyl (C=O) groups is 1. The highest BCUT2D eigenvalue weighted by Crippen LogP contribution is 2.18. The molecule has 0 saturated heterocycles. The van der Waals surface area contributed by atoms with Gasteiger partial charge in [-0.1, -0.05) is 6.07 Å². The molecule has 0 fully saturated rings. The number of amides is 1. The Morgan fingerprint density at radius 1 is 1.41 bits per heavy atom. The number of hydrogen-bond acceptors (Lipinski definition) is 2. The predicted molar refractivity (Wildman–Crippen MR) is 89.8 cm³/mol. The second-order valence-corrected chi connectivity index (χ2v) is 6.22. The van der Waals surface area contributed by atoms with E-state index < -0.39 is 0 Å². The lowest BCUT2D eigenvalue weighted by molar-refractivity contribution is 0.0939. The molecule has 114 valence electrons. The van der Waals surface area contributed by atoms with Crippen LogP contribution in [0.3, 0.4) is 0 Å². The number of aromatic nitrogens is 1. The molecule has 2 rings (SSSR count). The summed E-state index contributed by atoms with van der Waals surface area (Å²) in [6, 6.07) is 10.1. The lowest BCUT2D eigenvalue weighted by Crippen LogP contribution is -2.27. The van der Waals surface area contributed by atoms with E-state index in [0.717, 1.165) is 3.57 Å². The van der Waals surface area contributed by atoms with Crippen molar-refractivity contribution in [2.45, 2.75) is 26.4 Å². The Morgan fingerprint density at radius 2 is 2.14 bits per heavy atom. The summed E-state index contributed by atoms with van der Waals surface area (Å²) in [5.74, 6) is -0.668. The van der Waals surface area contributed by atoms with Crippen LogP contribution >= 0.6 is 22.6 Å². The molecular weight excluding hydrogens is 396 g/mol. The number of halogens is 2. The molecule has 6 heteroatoms. The largest absolute Gasteiger partial charge is 0.347 e. The van der Waals surface area contributed by atoms with Gasteiger partial charge in [-0.3, -0.25) is 4.79 Å². The van der Waals surface area contributed by atoms with Gasteiger partial charge in [0.1, 0.15) is 23.3 Å². The second kappa shape index (κ2) is 6.92. The molecule has 1 heterocycles. The summed E-state index contributed by atoms with van der Waals surface area (Å²) in [4.78, 5) is 12.3. The fraction of sp³-hybridized carbons (Fsp3) is 0.250. The van der Waals surface area contributed by atoms with E-state index in [1.165, 1.54) is 6.07 Å². The number of benzene rings is 1. The van der Waals surface area contributed by atoms with Crippen molar-refractivity contribution < 1.29 is 9.18 Å². The molecule has 0 unspecified atom stereocenters. The van der Waals surface area contributed by atoms with Crippen molar-refractivity contribution in [1.29, 1.82) is 5.26 Å². The van der Waals surface area contributed by atoms with Crippen molar-refractivity contribution in [3.8, 4) is 6.07 Å². The summed E-state index contributed by atoms with van der Waals surface area (Å²) in [6.07, 6.45) is 0. The van der Waals surface area contributed by atoms with Crippen LogP contribution < -0.4 is 5.32 Å². The fourth-order valence-corrected chi connectivity index (χ4v) is 2.90. The summed E-state index contributed by atoms with van der Waals surface area (Å²) < 4.78 is 16.2. The molecule has 2 aromatic rings. The molecule has 0 aliphatic heterocycles. The number of rotatable bonds is 4. The highest BCUT2D eigenvalue weighted by Gasteiger charge is 2.17. The third kappa shape index (κ3) is 3.30. The molecular formula is C16H15FIN3O. The Hall–Kier alpha value is -1.88. The van der Waals surface area contributed by atoms with Gasteiger partial charge in [0, 0.05) is 21.7 Å². The SMILES string of the molecule is CC(C)n1c(C#N)ccc1C(=O)NCc1c(F)cccc1I. The van der Waals surface area contributed by atoms with Crippen molar-refractivity contribution in [2.75, 3.05) is 0 Å². The topological polar surface area (TPSA) is 57.8 Å². The molecule has 0 atom stereocenters. The molecule has 0 aliphatic rings. The number of hydrogen-bond donors (Lipinski definition) is 1. The summed E-state index contributed by atoms with van der Waals surface area (Å²) in [7, 11) is 0. The number of nitrogens with zero attached hydrogens (tertiary/aromatic N) is 2. The van der Waals surface area contributed by atoms with Crippen LogP contribution in [0.25, 0.3) is 0 Å². The molecule has 0 saturated carbocycles. The van der Waals surface area contributed by atoms with E-state index in [-0.39, 0.29) is 24.3 Å². The van der Waals surface area contributed by atoms with Gasteiger partial charge < -0.3 is 9.88 Å². The van der Waals surface area contributed by atoms with E-state index in [2.05, 4.69) is 11.4 Å². The van der Waals surface area contributed by atoms with Crippen LogP contribution in [0.4, 0.5) is 4.39 Å². The van der Waals surface area contributed by atoms with E-state index in [4.69, 9.17) is 5.26 Å². The maximum absolute atomic E-state index is 13.8. The highest BCUT2D eigenvalue weighted by molar-refractivity contribution is 14.1. The molecule has 1 aromatic heterocycles. The predicted octanol–water partition coefficient (Wildman–Crippen LogP) is 3.61. The summed E-state index contributed by atoms with van der Waals surface area (Å²) in [6.45, 7) is 3.91. The zero-order valence-electron chi connectivity index (χ0n) is 12.2. The zero-order chi connectivity index (χ0) is 16.3. The molecule has 1 aromatic carbocycles. The van der Waals surface area contributed by atoms with Crippen LogP contribution in [0.15, 0.2) is 30.3 Å². The summed E-state index contributed by atoms with van der Waals surface area (Å²) >= 11 is 2.04. The minimum absolute atomic E-state index is 0.0148. The van der Waals surface area contributed by atoms with Crippen molar-refractivity contribution in [1.82, 2.24) is 9.88 Å². The van der Waals surface area contributed by atoms with E-state index >= 15 is 0 Å². The van der Waals surface area contributed by atoms with Crippen LogP contribution in [0.5, 0.6) is 0 Å². The maximum atomic E-state index is 13.8. The molecule has 0 aliphatic carbocycles. The van der Waals surface area contributed by atoms with E-state index in [0.29, 0.717) is 17.0 Å². The third-order valence-electron chi connectivity index (χ3n) is 3.27. The highest BCUT2D eigenvalue weighted by atomic mass is 127. The third-order valence-corrected chi connectivity index (χ3v) is 4.28. The Labute approximate surface area is 142 Å². The van der Waals surface area contributed by atoms with Gasteiger partial charge in [-0.2, -0.15) is 5.26 Å². The van der Waals surface area contributed by atoms with Crippen molar-refractivity contribution in [2.24, 2.45) is 0 Å². The first-order valence-corrected chi connectivity index (χ1v) is 7.86. The van der Waals surface area contributed by atoms with Crippen LogP contribution in [0.1, 0.15) is 41.6 Å². The molecule has 0 spiro atoms. The zero-order valence-corrected chi connectivity index (χ0v) is 14.4. The van der Waals surface area contributed by atoms with Crippen LogP contribution in [-0.2, 0) is 6.54 Å².